The Morgan fingerprint density at radius 2 is 1.73 bits per heavy atom. The Morgan fingerprint density at radius 3 is 2.31 bits per heavy atom. The summed E-state index contributed by atoms with van der Waals surface area (Å²) in [5.41, 5.74) is 3.10. The summed E-state index contributed by atoms with van der Waals surface area (Å²) in [5, 5.41) is 0. The summed E-state index contributed by atoms with van der Waals surface area (Å²) < 4.78 is 33.4. The maximum Gasteiger partial charge on any atom is 0.261 e. The molecule has 0 saturated carbocycles. The van der Waals surface area contributed by atoms with Gasteiger partial charge in [0, 0.05) is 14.1 Å². The Balaban J connectivity index is 2.19. The van der Waals surface area contributed by atoms with Crippen molar-refractivity contribution in [2.24, 2.45) is 0 Å². The largest absolute Gasteiger partial charge is 0.483 e. The fraction of sp³-hybridized carbons (Fsp3) is 0.316. The molecule has 0 atom stereocenters. The molecular formula is C19H24N2O4S. The van der Waals surface area contributed by atoms with Gasteiger partial charge >= 0.3 is 0 Å². The van der Waals surface area contributed by atoms with Crippen molar-refractivity contribution in [3.05, 3.63) is 53.1 Å². The van der Waals surface area contributed by atoms with E-state index in [4.69, 9.17) is 4.74 Å². The fourth-order valence-corrected chi connectivity index (χ4v) is 3.57. The molecule has 0 aromatic heterocycles. The van der Waals surface area contributed by atoms with E-state index in [0.717, 1.165) is 11.1 Å². The van der Waals surface area contributed by atoms with Gasteiger partial charge in [-0.3, -0.25) is 9.52 Å². The first-order valence-corrected chi connectivity index (χ1v) is 9.62. The lowest BCUT2D eigenvalue weighted by atomic mass is 10.1. The molecule has 0 fully saturated rings. The molecule has 7 heteroatoms. The average Bonchev–Trinajstić information content (AvgIpc) is 2.55. The number of nitrogens with one attached hydrogen (secondary N) is 1. The topological polar surface area (TPSA) is 75.7 Å². The zero-order valence-electron chi connectivity index (χ0n) is 15.7. The zero-order valence-corrected chi connectivity index (χ0v) is 16.5. The van der Waals surface area contributed by atoms with Crippen LogP contribution in [-0.4, -0.2) is 39.9 Å². The minimum absolute atomic E-state index is 0.0965. The van der Waals surface area contributed by atoms with Gasteiger partial charge in [0.1, 0.15) is 5.75 Å². The van der Waals surface area contributed by atoms with E-state index in [1.165, 1.54) is 17.0 Å². The highest BCUT2D eigenvalue weighted by molar-refractivity contribution is 7.92. The number of carbonyl (C=O) groups is 1. The van der Waals surface area contributed by atoms with E-state index in [1.807, 2.05) is 26.0 Å². The number of sulfonamides is 1. The summed E-state index contributed by atoms with van der Waals surface area (Å²) in [6, 6.07) is 10.1. The molecule has 2 rings (SSSR count). The van der Waals surface area contributed by atoms with Crippen LogP contribution in [0.15, 0.2) is 41.3 Å². The van der Waals surface area contributed by atoms with Crippen molar-refractivity contribution in [2.45, 2.75) is 25.7 Å². The Hall–Kier alpha value is -2.54. The summed E-state index contributed by atoms with van der Waals surface area (Å²) in [7, 11) is -0.422. The number of nitrogens with zero attached hydrogens (tertiary/aromatic N) is 1. The third-order valence-electron chi connectivity index (χ3n) is 3.93. The van der Waals surface area contributed by atoms with Crippen LogP contribution in [-0.2, 0) is 14.8 Å². The summed E-state index contributed by atoms with van der Waals surface area (Å²) in [6.45, 7) is 5.45. The maximum atomic E-state index is 12.6. The molecule has 0 aliphatic carbocycles. The summed E-state index contributed by atoms with van der Waals surface area (Å²) in [6.07, 6.45) is 0. The van der Waals surface area contributed by atoms with Crippen LogP contribution in [0.3, 0.4) is 0 Å². The molecule has 0 radical (unpaired) electrons. The van der Waals surface area contributed by atoms with Crippen molar-refractivity contribution < 1.29 is 17.9 Å². The standard InChI is InChI=1S/C19H24N2O4S/c1-13-6-8-17(14(2)10-13)20-26(23,24)16-7-9-18(15(3)11-16)25-12-19(22)21(4)5/h6-11,20H,12H2,1-5H3. The number of ether oxygens (including phenoxy) is 1. The SMILES string of the molecule is Cc1ccc(NS(=O)(=O)c2ccc(OCC(=O)N(C)C)c(C)c2)c(C)c1. The molecule has 0 aliphatic heterocycles. The summed E-state index contributed by atoms with van der Waals surface area (Å²) in [4.78, 5) is 13.2. The van der Waals surface area contributed by atoms with E-state index in [1.54, 1.807) is 33.2 Å². The second kappa shape index (κ2) is 7.78. The smallest absolute Gasteiger partial charge is 0.261 e. The number of aryl methyl sites for hydroxylation is 3. The molecule has 1 amide bonds. The molecular weight excluding hydrogens is 352 g/mol. The minimum atomic E-state index is -3.71. The third kappa shape index (κ3) is 4.76. The molecule has 0 heterocycles. The first-order chi connectivity index (χ1) is 12.1. The van der Waals surface area contributed by atoms with Crippen molar-refractivity contribution in [3.8, 4) is 5.75 Å². The minimum Gasteiger partial charge on any atom is -0.483 e. The van der Waals surface area contributed by atoms with Crippen LogP contribution in [0, 0.1) is 20.8 Å². The highest BCUT2D eigenvalue weighted by Gasteiger charge is 2.17. The van der Waals surface area contributed by atoms with Gasteiger partial charge in [0.25, 0.3) is 15.9 Å². The molecule has 0 spiro atoms. The van der Waals surface area contributed by atoms with Crippen LogP contribution >= 0.6 is 0 Å². The second-order valence-electron chi connectivity index (χ2n) is 6.43. The van der Waals surface area contributed by atoms with Gasteiger partial charge < -0.3 is 9.64 Å². The highest BCUT2D eigenvalue weighted by Crippen LogP contribution is 2.25. The quantitative estimate of drug-likeness (QED) is 0.841. The van der Waals surface area contributed by atoms with Crippen LogP contribution in [0.2, 0.25) is 0 Å². The van der Waals surface area contributed by atoms with Crippen LogP contribution in [0.4, 0.5) is 5.69 Å². The molecule has 0 bridgehead atoms. The molecule has 0 aliphatic rings. The predicted octanol–water partition coefficient (Wildman–Crippen LogP) is 2.88. The number of benzene rings is 2. The van der Waals surface area contributed by atoms with Crippen LogP contribution in [0.1, 0.15) is 16.7 Å². The Bertz CT molecular complexity index is 921. The van der Waals surface area contributed by atoms with Crippen LogP contribution in [0.5, 0.6) is 5.75 Å². The predicted molar refractivity (Wildman–Crippen MR) is 102 cm³/mol. The number of rotatable bonds is 6. The first-order valence-electron chi connectivity index (χ1n) is 8.14. The van der Waals surface area contributed by atoms with Gasteiger partial charge in [-0.15, -0.1) is 0 Å². The van der Waals surface area contributed by atoms with E-state index in [0.29, 0.717) is 17.0 Å². The number of hydrogen-bond donors (Lipinski definition) is 1. The van der Waals surface area contributed by atoms with Gasteiger partial charge in [0.15, 0.2) is 6.61 Å². The van der Waals surface area contributed by atoms with Gasteiger partial charge in [-0.2, -0.15) is 0 Å². The maximum absolute atomic E-state index is 12.6. The Labute approximate surface area is 154 Å². The van der Waals surface area contributed by atoms with Gasteiger partial charge in [0.05, 0.1) is 10.6 Å². The lowest BCUT2D eigenvalue weighted by molar-refractivity contribution is -0.130. The fourth-order valence-electron chi connectivity index (χ4n) is 2.35. The van der Waals surface area contributed by atoms with Gasteiger partial charge in [-0.05, 0) is 56.2 Å². The van der Waals surface area contributed by atoms with Gasteiger partial charge in [-0.25, -0.2) is 8.42 Å². The van der Waals surface area contributed by atoms with Gasteiger partial charge in [-0.1, -0.05) is 17.7 Å². The second-order valence-corrected chi connectivity index (χ2v) is 8.11. The average molecular weight is 376 g/mol. The van der Waals surface area contributed by atoms with Crippen molar-refractivity contribution in [1.82, 2.24) is 4.90 Å². The Morgan fingerprint density at radius 1 is 1.04 bits per heavy atom. The highest BCUT2D eigenvalue weighted by atomic mass is 32.2. The molecule has 0 unspecified atom stereocenters. The molecule has 1 N–H and O–H groups in total. The van der Waals surface area contributed by atoms with E-state index in [9.17, 15) is 13.2 Å². The molecule has 2 aromatic rings. The van der Waals surface area contributed by atoms with E-state index >= 15 is 0 Å². The van der Waals surface area contributed by atoms with Crippen molar-refractivity contribution in [2.75, 3.05) is 25.4 Å². The Kier molecular flexibility index (Phi) is 5.92. The molecule has 0 saturated heterocycles. The van der Waals surface area contributed by atoms with E-state index in [2.05, 4.69) is 4.72 Å². The lowest BCUT2D eigenvalue weighted by Crippen LogP contribution is -2.27. The van der Waals surface area contributed by atoms with Crippen molar-refractivity contribution >= 4 is 21.6 Å². The molecule has 6 nitrogen and oxygen atoms in total. The van der Waals surface area contributed by atoms with Crippen molar-refractivity contribution in [3.63, 3.8) is 0 Å². The molecule has 140 valence electrons. The van der Waals surface area contributed by atoms with Crippen LogP contribution < -0.4 is 9.46 Å². The lowest BCUT2D eigenvalue weighted by Gasteiger charge is -2.14. The summed E-state index contributed by atoms with van der Waals surface area (Å²) in [5.74, 6) is 0.309. The number of amides is 1. The van der Waals surface area contributed by atoms with Gasteiger partial charge in [0.2, 0.25) is 0 Å². The number of carbonyl (C=O) groups excluding carboxylic acids is 1. The van der Waals surface area contributed by atoms with E-state index in [-0.39, 0.29) is 17.4 Å². The monoisotopic (exact) mass is 376 g/mol. The molecule has 2 aromatic carbocycles. The first kappa shape index (κ1) is 19.8. The van der Waals surface area contributed by atoms with Crippen LogP contribution in [0.25, 0.3) is 0 Å². The third-order valence-corrected chi connectivity index (χ3v) is 5.30. The normalized spacial score (nSPS) is 11.1. The number of anilines is 1. The zero-order chi connectivity index (χ0) is 19.5. The summed E-state index contributed by atoms with van der Waals surface area (Å²) >= 11 is 0. The van der Waals surface area contributed by atoms with E-state index < -0.39 is 10.0 Å². The number of likely N-dealkylation sites (N-methyl/N-ethyl adjacent to an activating group) is 1. The molecule has 26 heavy (non-hydrogen) atoms. The van der Waals surface area contributed by atoms with Crippen molar-refractivity contribution in [1.29, 1.82) is 0 Å². The number of hydrogen-bond acceptors (Lipinski definition) is 4.